The van der Waals surface area contributed by atoms with E-state index >= 15 is 0 Å². The molecule has 28 heavy (non-hydrogen) atoms. The number of furan rings is 1. The van der Waals surface area contributed by atoms with Gasteiger partial charge in [0.1, 0.15) is 12.4 Å². The van der Waals surface area contributed by atoms with Gasteiger partial charge < -0.3 is 28.7 Å². The maximum absolute atomic E-state index is 6.02. The first kappa shape index (κ1) is 18.7. The zero-order chi connectivity index (χ0) is 19.3. The largest absolute Gasteiger partial charge is 0.493 e. The van der Waals surface area contributed by atoms with Crippen molar-refractivity contribution in [2.75, 3.05) is 13.9 Å². The lowest BCUT2D eigenvalue weighted by atomic mass is 10.2. The maximum Gasteiger partial charge on any atom is 0.231 e. The van der Waals surface area contributed by atoms with E-state index in [9.17, 15) is 0 Å². The van der Waals surface area contributed by atoms with E-state index in [1.54, 1.807) is 13.4 Å². The van der Waals surface area contributed by atoms with E-state index in [0.717, 1.165) is 32.9 Å². The van der Waals surface area contributed by atoms with Crippen LogP contribution in [0.5, 0.6) is 23.0 Å². The summed E-state index contributed by atoms with van der Waals surface area (Å²) in [5.74, 6) is 3.73. The van der Waals surface area contributed by atoms with Crippen molar-refractivity contribution in [2.24, 2.45) is 0 Å². The molecular weight excluding hydrogens is 426 g/mol. The van der Waals surface area contributed by atoms with Crippen molar-refractivity contribution >= 4 is 15.9 Å². The molecule has 0 radical (unpaired) electrons. The number of rotatable bonds is 8. The highest BCUT2D eigenvalue weighted by Crippen LogP contribution is 2.38. The Balaban J connectivity index is 1.41. The van der Waals surface area contributed by atoms with Gasteiger partial charge in [-0.3, -0.25) is 0 Å². The molecule has 1 aliphatic rings. The van der Waals surface area contributed by atoms with Crippen LogP contribution >= 0.6 is 15.9 Å². The third-order valence-electron chi connectivity index (χ3n) is 4.32. The summed E-state index contributed by atoms with van der Waals surface area (Å²) in [7, 11) is 1.63. The van der Waals surface area contributed by atoms with Gasteiger partial charge in [-0.05, 0) is 63.5 Å². The Morgan fingerprint density at radius 1 is 1.04 bits per heavy atom. The number of halogens is 1. The van der Waals surface area contributed by atoms with E-state index in [1.165, 1.54) is 0 Å². The van der Waals surface area contributed by atoms with Gasteiger partial charge in [0.25, 0.3) is 0 Å². The monoisotopic (exact) mass is 445 g/mol. The van der Waals surface area contributed by atoms with E-state index in [0.29, 0.717) is 31.2 Å². The van der Waals surface area contributed by atoms with Crippen LogP contribution in [0.25, 0.3) is 0 Å². The molecule has 146 valence electrons. The van der Waals surface area contributed by atoms with E-state index in [-0.39, 0.29) is 6.79 Å². The van der Waals surface area contributed by atoms with Crippen LogP contribution in [0.2, 0.25) is 0 Å². The van der Waals surface area contributed by atoms with Gasteiger partial charge in [0.05, 0.1) is 24.4 Å². The summed E-state index contributed by atoms with van der Waals surface area (Å²) in [5, 5.41) is 3.35. The summed E-state index contributed by atoms with van der Waals surface area (Å²) in [6.45, 7) is 1.99. The average molecular weight is 446 g/mol. The third-order valence-corrected chi connectivity index (χ3v) is 4.91. The Hall–Kier alpha value is -2.64. The van der Waals surface area contributed by atoms with Crippen molar-refractivity contribution in [3.63, 3.8) is 0 Å². The van der Waals surface area contributed by atoms with E-state index in [4.69, 9.17) is 23.4 Å². The fraction of sp³-hybridized carbons (Fsp3) is 0.238. The number of hydrogen-bond acceptors (Lipinski definition) is 6. The number of methoxy groups -OCH3 is 1. The third kappa shape index (κ3) is 4.26. The molecule has 1 N–H and O–H groups in total. The van der Waals surface area contributed by atoms with Crippen LogP contribution in [0, 0.1) is 0 Å². The first-order valence-corrected chi connectivity index (χ1v) is 9.63. The van der Waals surface area contributed by atoms with Crippen LogP contribution < -0.4 is 24.3 Å². The van der Waals surface area contributed by atoms with Crippen LogP contribution in [0.4, 0.5) is 0 Å². The summed E-state index contributed by atoms with van der Waals surface area (Å²) in [6.07, 6.45) is 1.67. The topological polar surface area (TPSA) is 62.1 Å². The minimum Gasteiger partial charge on any atom is -0.493 e. The van der Waals surface area contributed by atoms with Crippen molar-refractivity contribution < 1.29 is 23.4 Å². The molecule has 6 nitrogen and oxygen atoms in total. The lowest BCUT2D eigenvalue weighted by Gasteiger charge is -2.15. The number of hydrogen-bond donors (Lipinski definition) is 1. The highest BCUT2D eigenvalue weighted by molar-refractivity contribution is 9.10. The Morgan fingerprint density at radius 3 is 2.75 bits per heavy atom. The van der Waals surface area contributed by atoms with Gasteiger partial charge in [0, 0.05) is 6.54 Å². The molecule has 2 aromatic carbocycles. The van der Waals surface area contributed by atoms with Crippen LogP contribution in [0.15, 0.2) is 57.6 Å². The quantitative estimate of drug-likeness (QED) is 0.544. The van der Waals surface area contributed by atoms with E-state index in [2.05, 4.69) is 21.2 Å². The van der Waals surface area contributed by atoms with Gasteiger partial charge in [-0.2, -0.15) is 0 Å². The maximum atomic E-state index is 6.02. The van der Waals surface area contributed by atoms with Gasteiger partial charge in [0.2, 0.25) is 6.79 Å². The molecule has 7 heteroatoms. The van der Waals surface area contributed by atoms with Gasteiger partial charge in [-0.15, -0.1) is 0 Å². The molecule has 0 saturated heterocycles. The molecule has 0 fully saturated rings. The summed E-state index contributed by atoms with van der Waals surface area (Å²) < 4.78 is 28.5. The van der Waals surface area contributed by atoms with Crippen molar-refractivity contribution in [2.45, 2.75) is 19.7 Å². The van der Waals surface area contributed by atoms with Gasteiger partial charge in [-0.25, -0.2) is 0 Å². The molecule has 0 unspecified atom stereocenters. The second kappa shape index (κ2) is 8.58. The minimum atomic E-state index is 0.258. The molecule has 4 rings (SSSR count). The molecule has 1 aromatic heterocycles. The van der Waals surface area contributed by atoms with Crippen LogP contribution in [-0.2, 0) is 19.7 Å². The fourth-order valence-electron chi connectivity index (χ4n) is 2.94. The lowest BCUT2D eigenvalue weighted by molar-refractivity contribution is 0.174. The molecule has 0 saturated carbocycles. The number of benzene rings is 2. The van der Waals surface area contributed by atoms with Crippen LogP contribution in [-0.4, -0.2) is 13.9 Å². The Bertz CT molecular complexity index is 942. The lowest BCUT2D eigenvalue weighted by Crippen LogP contribution is -2.12. The Kier molecular flexibility index (Phi) is 5.73. The SMILES string of the molecule is COc1cc(CNCc2ccco2)cc(Br)c1OCc1ccc2c(c1)OCO2. The second-order valence-electron chi connectivity index (χ2n) is 6.27. The zero-order valence-electron chi connectivity index (χ0n) is 15.4. The first-order valence-electron chi connectivity index (χ1n) is 8.84. The van der Waals surface area contributed by atoms with Crippen molar-refractivity contribution in [3.8, 4) is 23.0 Å². The number of nitrogens with one attached hydrogen (secondary N) is 1. The first-order chi connectivity index (χ1) is 13.7. The molecule has 3 aromatic rings. The highest BCUT2D eigenvalue weighted by Gasteiger charge is 2.15. The van der Waals surface area contributed by atoms with Crippen LogP contribution in [0.3, 0.4) is 0 Å². The van der Waals surface area contributed by atoms with E-state index in [1.807, 2.05) is 42.5 Å². The van der Waals surface area contributed by atoms with Crippen molar-refractivity contribution in [1.82, 2.24) is 5.32 Å². The van der Waals surface area contributed by atoms with E-state index < -0.39 is 0 Å². The summed E-state index contributed by atoms with van der Waals surface area (Å²) in [5.41, 5.74) is 2.06. The molecule has 0 atom stereocenters. The predicted octanol–water partition coefficient (Wildman–Crippen LogP) is 4.65. The second-order valence-corrected chi connectivity index (χ2v) is 7.12. The summed E-state index contributed by atoms with van der Waals surface area (Å²) in [6, 6.07) is 13.6. The van der Waals surface area contributed by atoms with Crippen molar-refractivity contribution in [1.29, 1.82) is 0 Å². The normalized spacial score (nSPS) is 12.2. The molecule has 0 spiro atoms. The number of fused-ring (bicyclic) bond motifs is 1. The van der Waals surface area contributed by atoms with Gasteiger partial charge in [0.15, 0.2) is 23.0 Å². The minimum absolute atomic E-state index is 0.258. The van der Waals surface area contributed by atoms with Gasteiger partial charge in [-0.1, -0.05) is 6.07 Å². The standard InChI is InChI=1S/C21H20BrNO5/c1-24-20-9-15(10-23-11-16-3-2-6-25-16)7-17(22)21(20)26-12-14-4-5-18-19(8-14)28-13-27-18/h2-9,23H,10-13H2,1H3. The summed E-state index contributed by atoms with van der Waals surface area (Å²) in [4.78, 5) is 0. The summed E-state index contributed by atoms with van der Waals surface area (Å²) >= 11 is 3.60. The zero-order valence-corrected chi connectivity index (χ0v) is 17.0. The molecule has 1 aliphatic heterocycles. The van der Waals surface area contributed by atoms with Crippen LogP contribution in [0.1, 0.15) is 16.9 Å². The molecule has 2 heterocycles. The van der Waals surface area contributed by atoms with Gasteiger partial charge >= 0.3 is 0 Å². The highest BCUT2D eigenvalue weighted by atomic mass is 79.9. The van der Waals surface area contributed by atoms with Crippen molar-refractivity contribution in [3.05, 3.63) is 70.1 Å². The molecular formula is C21H20BrNO5. The smallest absolute Gasteiger partial charge is 0.231 e. The molecule has 0 amide bonds. The predicted molar refractivity (Wildman–Crippen MR) is 107 cm³/mol. The Morgan fingerprint density at radius 2 is 1.93 bits per heavy atom. The molecule has 0 bridgehead atoms. The number of ether oxygens (including phenoxy) is 4. The molecule has 0 aliphatic carbocycles. The average Bonchev–Trinajstić information content (AvgIpc) is 3.38. The fourth-order valence-corrected chi connectivity index (χ4v) is 3.55. The Labute approximate surface area is 171 Å².